The van der Waals surface area contributed by atoms with Crippen molar-refractivity contribution in [1.82, 2.24) is 10.2 Å². The van der Waals surface area contributed by atoms with Gasteiger partial charge in [-0.25, -0.2) is 0 Å². The van der Waals surface area contributed by atoms with Crippen molar-refractivity contribution >= 4 is 0 Å². The molecule has 0 radical (unpaired) electrons. The van der Waals surface area contributed by atoms with Crippen LogP contribution >= 0.6 is 0 Å². The van der Waals surface area contributed by atoms with E-state index in [1.807, 2.05) is 0 Å². The maximum Gasteiger partial charge on any atom is 0.00198 e. The molecule has 0 aliphatic carbocycles. The highest BCUT2D eigenvalue weighted by Gasteiger charge is 2.26. The van der Waals surface area contributed by atoms with Crippen molar-refractivity contribution in [2.75, 3.05) is 33.7 Å². The molecule has 2 heteroatoms. The Morgan fingerprint density at radius 1 is 1.33 bits per heavy atom. The molecule has 1 aromatic rings. The Morgan fingerprint density at radius 2 is 2.06 bits per heavy atom. The Morgan fingerprint density at radius 3 is 2.67 bits per heavy atom. The highest BCUT2D eigenvalue weighted by molar-refractivity contribution is 5.26. The van der Waals surface area contributed by atoms with E-state index in [9.17, 15) is 0 Å². The zero-order valence-corrected chi connectivity index (χ0v) is 11.9. The maximum atomic E-state index is 3.38. The molecule has 1 aromatic carbocycles. The predicted octanol–water partition coefficient (Wildman–Crippen LogP) is 2.64. The lowest BCUT2D eigenvalue weighted by atomic mass is 9.79. The Bertz CT molecular complexity index is 367. The van der Waals surface area contributed by atoms with Gasteiger partial charge in [-0.2, -0.15) is 0 Å². The summed E-state index contributed by atoms with van der Waals surface area (Å²) >= 11 is 0. The summed E-state index contributed by atoms with van der Waals surface area (Å²) in [6.07, 6.45) is 2.66. The first-order valence-electron chi connectivity index (χ1n) is 7.10. The number of nitrogens with one attached hydrogen (secondary N) is 1. The van der Waals surface area contributed by atoms with Crippen LogP contribution in [0, 0.1) is 12.8 Å². The van der Waals surface area contributed by atoms with Gasteiger partial charge in [0.05, 0.1) is 0 Å². The number of rotatable bonds is 4. The number of piperidine rings is 1. The van der Waals surface area contributed by atoms with Gasteiger partial charge in [0.2, 0.25) is 0 Å². The second-order valence-electron chi connectivity index (χ2n) is 5.72. The lowest BCUT2D eigenvalue weighted by molar-refractivity contribution is 0.197. The van der Waals surface area contributed by atoms with Crippen molar-refractivity contribution in [2.24, 2.45) is 5.92 Å². The summed E-state index contributed by atoms with van der Waals surface area (Å²) in [7, 11) is 4.30. The number of hydrogen-bond acceptors (Lipinski definition) is 2. The molecule has 1 saturated heterocycles. The average molecular weight is 246 g/mol. The van der Waals surface area contributed by atoms with E-state index >= 15 is 0 Å². The second-order valence-corrected chi connectivity index (χ2v) is 5.72. The standard InChI is InChI=1S/C16H26N2/c1-13-5-4-6-15(11-13)16(12-17-2)14-7-9-18(3)10-8-14/h4-6,11,14,16-17H,7-10,12H2,1-3H3. The lowest BCUT2D eigenvalue weighted by Crippen LogP contribution is -2.35. The molecule has 2 nitrogen and oxygen atoms in total. The SMILES string of the molecule is CNCC(c1cccc(C)c1)C1CCN(C)CC1. The number of aryl methyl sites for hydroxylation is 1. The average Bonchev–Trinajstić information content (AvgIpc) is 2.37. The summed E-state index contributed by atoms with van der Waals surface area (Å²) in [4.78, 5) is 2.45. The van der Waals surface area contributed by atoms with Gasteiger partial charge in [-0.3, -0.25) is 0 Å². The normalized spacial score (nSPS) is 19.9. The van der Waals surface area contributed by atoms with Crippen molar-refractivity contribution < 1.29 is 0 Å². The molecule has 100 valence electrons. The van der Waals surface area contributed by atoms with Gasteiger partial charge < -0.3 is 10.2 Å². The molecule has 1 unspecified atom stereocenters. The molecular weight excluding hydrogens is 220 g/mol. The van der Waals surface area contributed by atoms with Gasteiger partial charge in [0.15, 0.2) is 0 Å². The van der Waals surface area contributed by atoms with Gasteiger partial charge in [-0.1, -0.05) is 29.8 Å². The van der Waals surface area contributed by atoms with E-state index < -0.39 is 0 Å². The van der Waals surface area contributed by atoms with Crippen molar-refractivity contribution in [3.8, 4) is 0 Å². The van der Waals surface area contributed by atoms with E-state index in [4.69, 9.17) is 0 Å². The molecule has 0 aromatic heterocycles. The molecule has 0 saturated carbocycles. The monoisotopic (exact) mass is 246 g/mol. The third kappa shape index (κ3) is 3.33. The van der Waals surface area contributed by atoms with Crippen LogP contribution in [-0.4, -0.2) is 38.6 Å². The van der Waals surface area contributed by atoms with Gasteiger partial charge in [0.25, 0.3) is 0 Å². The van der Waals surface area contributed by atoms with Crippen LogP contribution in [0.3, 0.4) is 0 Å². The van der Waals surface area contributed by atoms with E-state index in [0.29, 0.717) is 5.92 Å². The zero-order chi connectivity index (χ0) is 13.0. The highest BCUT2D eigenvalue weighted by atomic mass is 15.1. The molecule has 1 aliphatic heterocycles. The second kappa shape index (κ2) is 6.35. The fourth-order valence-corrected chi connectivity index (χ4v) is 3.11. The molecule has 1 N–H and O–H groups in total. The van der Waals surface area contributed by atoms with E-state index in [0.717, 1.165) is 12.5 Å². The van der Waals surface area contributed by atoms with Crippen LogP contribution < -0.4 is 5.32 Å². The third-order valence-corrected chi connectivity index (χ3v) is 4.23. The molecular formula is C16H26N2. The molecule has 1 aliphatic rings. The van der Waals surface area contributed by atoms with Crippen molar-refractivity contribution in [3.05, 3.63) is 35.4 Å². The first-order valence-corrected chi connectivity index (χ1v) is 7.10. The van der Waals surface area contributed by atoms with Crippen LogP contribution in [0.4, 0.5) is 0 Å². The van der Waals surface area contributed by atoms with E-state index in [1.165, 1.54) is 37.1 Å². The van der Waals surface area contributed by atoms with Crippen LogP contribution in [0.1, 0.15) is 29.9 Å². The molecule has 1 heterocycles. The first-order chi connectivity index (χ1) is 8.70. The van der Waals surface area contributed by atoms with Gasteiger partial charge in [0, 0.05) is 6.54 Å². The molecule has 1 atom stereocenters. The highest BCUT2D eigenvalue weighted by Crippen LogP contribution is 2.32. The minimum atomic E-state index is 0.670. The molecule has 0 bridgehead atoms. The molecule has 2 rings (SSSR count). The minimum Gasteiger partial charge on any atom is -0.319 e. The van der Waals surface area contributed by atoms with Gasteiger partial charge in [0.1, 0.15) is 0 Å². The summed E-state index contributed by atoms with van der Waals surface area (Å²) in [6.45, 7) is 5.78. The summed E-state index contributed by atoms with van der Waals surface area (Å²) in [6, 6.07) is 9.05. The van der Waals surface area contributed by atoms with Crippen molar-refractivity contribution in [1.29, 1.82) is 0 Å². The topological polar surface area (TPSA) is 15.3 Å². The van der Waals surface area contributed by atoms with E-state index in [-0.39, 0.29) is 0 Å². The van der Waals surface area contributed by atoms with Crippen LogP contribution in [0.2, 0.25) is 0 Å². The van der Waals surface area contributed by atoms with Crippen LogP contribution in [0.5, 0.6) is 0 Å². The Hall–Kier alpha value is -0.860. The fourth-order valence-electron chi connectivity index (χ4n) is 3.11. The van der Waals surface area contributed by atoms with Gasteiger partial charge in [-0.15, -0.1) is 0 Å². The largest absolute Gasteiger partial charge is 0.319 e. The number of benzene rings is 1. The summed E-state index contributed by atoms with van der Waals surface area (Å²) in [5.41, 5.74) is 2.89. The van der Waals surface area contributed by atoms with Crippen LogP contribution in [0.15, 0.2) is 24.3 Å². The third-order valence-electron chi connectivity index (χ3n) is 4.23. The zero-order valence-electron chi connectivity index (χ0n) is 11.9. The van der Waals surface area contributed by atoms with E-state index in [2.05, 4.69) is 55.5 Å². The maximum absolute atomic E-state index is 3.38. The number of nitrogens with zero attached hydrogens (tertiary/aromatic N) is 1. The minimum absolute atomic E-state index is 0.670. The lowest BCUT2D eigenvalue weighted by Gasteiger charge is -2.34. The number of likely N-dealkylation sites (N-methyl/N-ethyl adjacent to an activating group) is 1. The first kappa shape index (κ1) is 13.6. The summed E-state index contributed by atoms with van der Waals surface area (Å²) in [5.74, 6) is 1.50. The van der Waals surface area contributed by atoms with Crippen LogP contribution in [-0.2, 0) is 0 Å². The fraction of sp³-hybridized carbons (Fsp3) is 0.625. The van der Waals surface area contributed by atoms with Gasteiger partial charge in [-0.05, 0) is 64.3 Å². The molecule has 0 amide bonds. The number of likely N-dealkylation sites (tertiary alicyclic amines) is 1. The Labute approximate surface area is 111 Å². The smallest absolute Gasteiger partial charge is 0.00198 e. The van der Waals surface area contributed by atoms with Gasteiger partial charge >= 0.3 is 0 Å². The molecule has 1 fully saturated rings. The Balaban J connectivity index is 2.12. The summed E-state index contributed by atoms with van der Waals surface area (Å²) < 4.78 is 0. The molecule has 18 heavy (non-hydrogen) atoms. The molecule has 0 spiro atoms. The summed E-state index contributed by atoms with van der Waals surface area (Å²) in [5, 5.41) is 3.38. The van der Waals surface area contributed by atoms with E-state index in [1.54, 1.807) is 0 Å². The number of hydrogen-bond donors (Lipinski definition) is 1. The van der Waals surface area contributed by atoms with Crippen LogP contribution in [0.25, 0.3) is 0 Å². The van der Waals surface area contributed by atoms with Crippen molar-refractivity contribution in [3.63, 3.8) is 0 Å². The Kier molecular flexibility index (Phi) is 4.79. The predicted molar refractivity (Wildman–Crippen MR) is 78.1 cm³/mol. The quantitative estimate of drug-likeness (QED) is 0.878. The van der Waals surface area contributed by atoms with Crippen molar-refractivity contribution in [2.45, 2.75) is 25.7 Å².